The van der Waals surface area contributed by atoms with Crippen molar-refractivity contribution < 1.29 is 19.2 Å². The molecule has 114 valence electrons. The largest absolute Gasteiger partial charge is 0.491 e. The molecule has 6 heteroatoms. The minimum Gasteiger partial charge on any atom is -0.491 e. The predicted molar refractivity (Wildman–Crippen MR) is 80.3 cm³/mol. The first kappa shape index (κ1) is 15.5. The highest BCUT2D eigenvalue weighted by molar-refractivity contribution is 5.91. The summed E-state index contributed by atoms with van der Waals surface area (Å²) in [7, 11) is 0. The van der Waals surface area contributed by atoms with E-state index in [-0.39, 0.29) is 23.1 Å². The Morgan fingerprint density at radius 2 is 1.73 bits per heavy atom. The average molecular weight is 301 g/mol. The summed E-state index contributed by atoms with van der Waals surface area (Å²) in [5.74, 6) is -0.109. The molecule has 22 heavy (non-hydrogen) atoms. The van der Waals surface area contributed by atoms with Crippen LogP contribution in [-0.4, -0.2) is 17.0 Å². The fourth-order valence-electron chi connectivity index (χ4n) is 1.79. The number of carbonyl (C=O) groups excluding carboxylic acids is 1. The molecular weight excluding hydrogens is 286 g/mol. The molecule has 0 saturated carbocycles. The maximum atomic E-state index is 12.0. The first-order valence-electron chi connectivity index (χ1n) is 6.69. The second-order valence-corrected chi connectivity index (χ2v) is 4.81. The lowest BCUT2D eigenvalue weighted by atomic mass is 10.2. The Balaban J connectivity index is 2.14. The van der Waals surface area contributed by atoms with Crippen LogP contribution in [0.3, 0.4) is 0 Å². The molecule has 0 amide bonds. The molecule has 0 aromatic heterocycles. The van der Waals surface area contributed by atoms with Gasteiger partial charge in [-0.3, -0.25) is 10.1 Å². The molecule has 0 fully saturated rings. The third-order valence-corrected chi connectivity index (χ3v) is 2.73. The van der Waals surface area contributed by atoms with Gasteiger partial charge in [-0.25, -0.2) is 4.79 Å². The molecule has 0 radical (unpaired) electrons. The summed E-state index contributed by atoms with van der Waals surface area (Å²) in [6, 6.07) is 12.1. The van der Waals surface area contributed by atoms with Crippen molar-refractivity contribution in [3.8, 4) is 11.5 Å². The third-order valence-electron chi connectivity index (χ3n) is 2.73. The highest BCUT2D eigenvalue weighted by Gasteiger charge is 2.18. The molecule has 0 aliphatic rings. The number of esters is 1. The summed E-state index contributed by atoms with van der Waals surface area (Å²) < 4.78 is 10.6. The smallest absolute Gasteiger partial charge is 0.343 e. The lowest BCUT2D eigenvalue weighted by Gasteiger charge is -2.10. The predicted octanol–water partition coefficient (Wildman–Crippen LogP) is 3.60. The van der Waals surface area contributed by atoms with Crippen LogP contribution in [-0.2, 0) is 0 Å². The number of rotatable bonds is 5. The van der Waals surface area contributed by atoms with E-state index in [1.807, 2.05) is 13.8 Å². The van der Waals surface area contributed by atoms with E-state index in [2.05, 4.69) is 0 Å². The standard InChI is InChI=1S/C16H15NO5/c1-11(2)21-13-9-7-12(8-10-13)16(18)22-15-6-4-3-5-14(15)17(19)20/h3-11H,1-2H3. The lowest BCUT2D eigenvalue weighted by Crippen LogP contribution is -2.10. The summed E-state index contributed by atoms with van der Waals surface area (Å²) >= 11 is 0. The van der Waals surface area contributed by atoms with E-state index in [9.17, 15) is 14.9 Å². The number of nitro groups is 1. The van der Waals surface area contributed by atoms with Crippen molar-refractivity contribution in [3.05, 3.63) is 64.2 Å². The van der Waals surface area contributed by atoms with Gasteiger partial charge in [0.05, 0.1) is 16.6 Å². The van der Waals surface area contributed by atoms with Crippen LogP contribution in [0.25, 0.3) is 0 Å². The van der Waals surface area contributed by atoms with Crippen LogP contribution in [0.15, 0.2) is 48.5 Å². The van der Waals surface area contributed by atoms with E-state index < -0.39 is 10.9 Å². The molecule has 0 bridgehead atoms. The molecule has 0 atom stereocenters. The summed E-state index contributed by atoms with van der Waals surface area (Å²) in [5, 5.41) is 10.9. The second kappa shape index (κ2) is 6.71. The molecule has 2 aromatic rings. The molecule has 6 nitrogen and oxygen atoms in total. The van der Waals surface area contributed by atoms with Crippen LogP contribution in [0.1, 0.15) is 24.2 Å². The Hall–Kier alpha value is -2.89. The lowest BCUT2D eigenvalue weighted by molar-refractivity contribution is -0.385. The normalized spacial score (nSPS) is 10.3. The fraction of sp³-hybridized carbons (Fsp3) is 0.188. The van der Waals surface area contributed by atoms with Crippen LogP contribution in [0.5, 0.6) is 11.5 Å². The molecule has 0 saturated heterocycles. The van der Waals surface area contributed by atoms with Crippen molar-refractivity contribution in [3.63, 3.8) is 0 Å². The number of carbonyl (C=O) groups is 1. The van der Waals surface area contributed by atoms with Crippen molar-refractivity contribution in [2.24, 2.45) is 0 Å². The fourth-order valence-corrected chi connectivity index (χ4v) is 1.79. The van der Waals surface area contributed by atoms with Gasteiger partial charge in [-0.05, 0) is 44.2 Å². The quantitative estimate of drug-likeness (QED) is 0.365. The minimum atomic E-state index is -0.662. The van der Waals surface area contributed by atoms with Gasteiger partial charge in [0.25, 0.3) is 0 Å². The maximum Gasteiger partial charge on any atom is 0.343 e. The Morgan fingerprint density at radius 1 is 1.09 bits per heavy atom. The molecule has 0 heterocycles. The SMILES string of the molecule is CC(C)Oc1ccc(C(=O)Oc2ccccc2[N+](=O)[O-])cc1. The number of benzene rings is 2. The van der Waals surface area contributed by atoms with Crippen molar-refractivity contribution >= 4 is 11.7 Å². The van der Waals surface area contributed by atoms with E-state index in [1.165, 1.54) is 18.2 Å². The van der Waals surface area contributed by atoms with Gasteiger partial charge < -0.3 is 9.47 Å². The van der Waals surface area contributed by atoms with Gasteiger partial charge >= 0.3 is 11.7 Å². The first-order valence-corrected chi connectivity index (χ1v) is 6.69. The first-order chi connectivity index (χ1) is 10.5. The molecule has 2 aromatic carbocycles. The summed E-state index contributed by atoms with van der Waals surface area (Å²) in [6.45, 7) is 3.80. The molecule has 2 rings (SSSR count). The molecule has 0 unspecified atom stereocenters. The number of hydrogen-bond donors (Lipinski definition) is 0. The Labute approximate surface area is 127 Å². The summed E-state index contributed by atoms with van der Waals surface area (Å²) in [6.07, 6.45) is 0.0322. The molecular formula is C16H15NO5. The van der Waals surface area contributed by atoms with Crippen LogP contribution in [0.4, 0.5) is 5.69 Å². The van der Waals surface area contributed by atoms with Crippen LogP contribution in [0.2, 0.25) is 0 Å². The van der Waals surface area contributed by atoms with Crippen molar-refractivity contribution in [2.45, 2.75) is 20.0 Å². The van der Waals surface area contributed by atoms with Crippen molar-refractivity contribution in [1.29, 1.82) is 0 Å². The van der Waals surface area contributed by atoms with Gasteiger partial charge in [0.15, 0.2) is 0 Å². The van der Waals surface area contributed by atoms with E-state index in [1.54, 1.807) is 30.3 Å². The Bertz CT molecular complexity index is 679. The second-order valence-electron chi connectivity index (χ2n) is 4.81. The molecule has 0 spiro atoms. The number of para-hydroxylation sites is 2. The van der Waals surface area contributed by atoms with Crippen LogP contribution in [0, 0.1) is 10.1 Å². The summed E-state index contributed by atoms with van der Waals surface area (Å²) in [5.41, 5.74) is 0.0323. The van der Waals surface area contributed by atoms with Gasteiger partial charge in [0.2, 0.25) is 5.75 Å². The zero-order valence-electron chi connectivity index (χ0n) is 12.2. The zero-order valence-corrected chi connectivity index (χ0v) is 12.2. The highest BCUT2D eigenvalue weighted by atomic mass is 16.6. The van der Waals surface area contributed by atoms with E-state index in [0.717, 1.165) is 0 Å². The van der Waals surface area contributed by atoms with Crippen LogP contribution < -0.4 is 9.47 Å². The van der Waals surface area contributed by atoms with Gasteiger partial charge in [0, 0.05) is 6.07 Å². The van der Waals surface area contributed by atoms with Crippen molar-refractivity contribution in [1.82, 2.24) is 0 Å². The maximum absolute atomic E-state index is 12.0. The van der Waals surface area contributed by atoms with Crippen molar-refractivity contribution in [2.75, 3.05) is 0 Å². The topological polar surface area (TPSA) is 78.7 Å². The molecule has 0 N–H and O–H groups in total. The van der Waals surface area contributed by atoms with E-state index in [4.69, 9.17) is 9.47 Å². The highest BCUT2D eigenvalue weighted by Crippen LogP contribution is 2.26. The number of nitro benzene ring substituents is 1. The summed E-state index contributed by atoms with van der Waals surface area (Å²) in [4.78, 5) is 22.3. The van der Waals surface area contributed by atoms with Gasteiger partial charge in [-0.2, -0.15) is 0 Å². The van der Waals surface area contributed by atoms with Gasteiger partial charge in [-0.1, -0.05) is 12.1 Å². The van der Waals surface area contributed by atoms with E-state index in [0.29, 0.717) is 5.75 Å². The Kier molecular flexibility index (Phi) is 4.73. The molecule has 0 aliphatic heterocycles. The number of hydrogen-bond acceptors (Lipinski definition) is 5. The van der Waals surface area contributed by atoms with Gasteiger partial charge in [0.1, 0.15) is 5.75 Å². The van der Waals surface area contributed by atoms with E-state index >= 15 is 0 Å². The van der Waals surface area contributed by atoms with Crippen LogP contribution >= 0.6 is 0 Å². The Morgan fingerprint density at radius 3 is 2.32 bits per heavy atom. The zero-order chi connectivity index (χ0) is 16.1. The number of ether oxygens (including phenoxy) is 2. The third kappa shape index (κ3) is 3.82. The van der Waals surface area contributed by atoms with Gasteiger partial charge in [-0.15, -0.1) is 0 Å². The molecule has 0 aliphatic carbocycles. The average Bonchev–Trinajstić information content (AvgIpc) is 2.47. The minimum absolute atomic E-state index is 0.0322. The number of nitrogens with zero attached hydrogens (tertiary/aromatic N) is 1. The monoisotopic (exact) mass is 301 g/mol.